The Morgan fingerprint density at radius 1 is 1.23 bits per heavy atom. The monoisotopic (exact) mass is 322 g/mol. The van der Waals surface area contributed by atoms with Crippen LogP contribution in [-0.4, -0.2) is 21.1 Å². The summed E-state index contributed by atoms with van der Waals surface area (Å²) >= 11 is 0. The quantitative estimate of drug-likeness (QED) is 0.893. The van der Waals surface area contributed by atoms with Crippen molar-refractivity contribution in [2.24, 2.45) is 10.9 Å². The van der Waals surface area contributed by atoms with Gasteiger partial charge in [0.25, 0.3) is 0 Å². The first-order valence-electron chi connectivity index (χ1n) is 6.71. The minimum Gasteiger partial charge on any atom is -0.488 e. The van der Waals surface area contributed by atoms with Crippen LogP contribution in [0.1, 0.15) is 5.56 Å². The molecule has 0 saturated heterocycles. The van der Waals surface area contributed by atoms with Crippen LogP contribution in [-0.2, 0) is 16.4 Å². The molecule has 116 valence electrons. The second-order valence-corrected chi connectivity index (χ2v) is 6.72. The van der Waals surface area contributed by atoms with Gasteiger partial charge < -0.3 is 10.5 Å². The lowest BCUT2D eigenvalue weighted by molar-refractivity contribution is 0.242. The van der Waals surface area contributed by atoms with Crippen molar-refractivity contribution >= 4 is 10.0 Å². The minimum absolute atomic E-state index is 0.122. The molecule has 1 aliphatic heterocycles. The van der Waals surface area contributed by atoms with Gasteiger partial charge in [-0.3, -0.25) is 0 Å². The van der Waals surface area contributed by atoms with Gasteiger partial charge in [-0.15, -0.1) is 0 Å². The maximum absolute atomic E-state index is 14.3. The molecular weight excluding hydrogens is 307 g/mol. The average molecular weight is 322 g/mol. The average Bonchev–Trinajstić information content (AvgIpc) is 2.89. The molecule has 0 saturated carbocycles. The molecule has 1 aliphatic rings. The number of nitrogens with two attached hydrogens (primary N) is 2. The number of ether oxygens (including phenoxy) is 1. The molecule has 1 atom stereocenters. The lowest BCUT2D eigenvalue weighted by Gasteiger charge is -2.12. The molecule has 4 N–H and O–H groups in total. The molecule has 1 heterocycles. The zero-order valence-corrected chi connectivity index (χ0v) is 12.4. The first-order chi connectivity index (χ1) is 10.4. The fourth-order valence-corrected chi connectivity index (χ4v) is 3.10. The van der Waals surface area contributed by atoms with Gasteiger partial charge in [-0.25, -0.2) is 17.9 Å². The molecule has 7 heteroatoms. The van der Waals surface area contributed by atoms with Crippen molar-refractivity contribution in [3.8, 4) is 16.9 Å². The lowest BCUT2D eigenvalue weighted by Crippen LogP contribution is -2.24. The second kappa shape index (κ2) is 5.35. The van der Waals surface area contributed by atoms with Crippen molar-refractivity contribution in [1.82, 2.24) is 0 Å². The highest BCUT2D eigenvalue weighted by atomic mass is 32.2. The third-order valence-electron chi connectivity index (χ3n) is 3.65. The van der Waals surface area contributed by atoms with E-state index in [9.17, 15) is 12.8 Å². The predicted octanol–water partition coefficient (Wildman–Crippen LogP) is 1.40. The van der Waals surface area contributed by atoms with Crippen molar-refractivity contribution in [3.63, 3.8) is 0 Å². The number of halogens is 1. The first kappa shape index (κ1) is 15.0. The van der Waals surface area contributed by atoms with Gasteiger partial charge in [0.1, 0.15) is 17.7 Å². The van der Waals surface area contributed by atoms with E-state index >= 15 is 0 Å². The normalized spacial score (nSPS) is 17.1. The maximum Gasteiger partial charge on any atom is 0.238 e. The Kier molecular flexibility index (Phi) is 3.64. The van der Waals surface area contributed by atoms with Crippen LogP contribution in [0, 0.1) is 5.82 Å². The zero-order valence-electron chi connectivity index (χ0n) is 11.6. The van der Waals surface area contributed by atoms with Gasteiger partial charge in [-0.2, -0.15) is 0 Å². The molecular formula is C15H15FN2O3S. The summed E-state index contributed by atoms with van der Waals surface area (Å²) in [5, 5.41) is 5.01. The van der Waals surface area contributed by atoms with Gasteiger partial charge in [0.05, 0.1) is 4.90 Å². The molecule has 3 rings (SSSR count). The maximum atomic E-state index is 14.3. The van der Waals surface area contributed by atoms with Crippen LogP contribution < -0.4 is 15.6 Å². The van der Waals surface area contributed by atoms with E-state index in [1.165, 1.54) is 12.1 Å². The molecule has 0 spiro atoms. The fourth-order valence-electron chi connectivity index (χ4n) is 2.57. The second-order valence-electron chi connectivity index (χ2n) is 5.16. The van der Waals surface area contributed by atoms with E-state index in [4.69, 9.17) is 15.6 Å². The number of benzene rings is 2. The summed E-state index contributed by atoms with van der Waals surface area (Å²) < 4.78 is 42.6. The molecule has 0 fully saturated rings. The van der Waals surface area contributed by atoms with Crippen LogP contribution in [0.15, 0.2) is 41.3 Å². The van der Waals surface area contributed by atoms with Gasteiger partial charge >= 0.3 is 0 Å². The molecule has 1 unspecified atom stereocenters. The molecule has 5 nitrogen and oxygen atoms in total. The van der Waals surface area contributed by atoms with E-state index in [1.54, 1.807) is 6.07 Å². The van der Waals surface area contributed by atoms with Crippen molar-refractivity contribution in [3.05, 3.63) is 47.8 Å². The van der Waals surface area contributed by atoms with Crippen LogP contribution in [0.3, 0.4) is 0 Å². The number of fused-ring (bicyclic) bond motifs is 1. The molecule has 0 aliphatic carbocycles. The highest BCUT2D eigenvalue weighted by Gasteiger charge is 2.25. The van der Waals surface area contributed by atoms with Gasteiger partial charge in [0.15, 0.2) is 0 Å². The number of rotatable bonds is 3. The minimum atomic E-state index is -3.94. The highest BCUT2D eigenvalue weighted by Crippen LogP contribution is 2.39. The third kappa shape index (κ3) is 2.58. The van der Waals surface area contributed by atoms with E-state index in [0.29, 0.717) is 24.3 Å². The van der Waals surface area contributed by atoms with Crippen molar-refractivity contribution < 1.29 is 17.5 Å². The molecule has 0 amide bonds. The molecule has 0 radical (unpaired) electrons. The number of sulfonamides is 1. The van der Waals surface area contributed by atoms with E-state index in [1.807, 2.05) is 12.1 Å². The molecule has 0 aromatic heterocycles. The summed E-state index contributed by atoms with van der Waals surface area (Å²) in [4.78, 5) is -0.262. The van der Waals surface area contributed by atoms with Crippen LogP contribution in [0.4, 0.5) is 4.39 Å². The van der Waals surface area contributed by atoms with E-state index in [0.717, 1.165) is 11.6 Å². The predicted molar refractivity (Wildman–Crippen MR) is 80.4 cm³/mol. The van der Waals surface area contributed by atoms with Crippen molar-refractivity contribution in [2.45, 2.75) is 17.4 Å². The summed E-state index contributed by atoms with van der Waals surface area (Å²) in [7, 11) is -3.94. The van der Waals surface area contributed by atoms with Crippen LogP contribution >= 0.6 is 0 Å². The largest absolute Gasteiger partial charge is 0.488 e. The summed E-state index contributed by atoms with van der Waals surface area (Å²) in [5.41, 5.74) is 7.42. The van der Waals surface area contributed by atoms with Crippen molar-refractivity contribution in [1.29, 1.82) is 0 Å². The summed E-state index contributed by atoms with van der Waals surface area (Å²) in [6.45, 7) is 0.376. The molecule has 22 heavy (non-hydrogen) atoms. The number of hydrogen-bond donors (Lipinski definition) is 2. The number of para-hydroxylation sites is 1. The Hall–Kier alpha value is -1.96. The Morgan fingerprint density at radius 2 is 2.00 bits per heavy atom. The Balaban J connectivity index is 2.09. The van der Waals surface area contributed by atoms with Crippen LogP contribution in [0.5, 0.6) is 5.75 Å². The van der Waals surface area contributed by atoms with E-state index < -0.39 is 15.8 Å². The SMILES string of the molecule is NCC1Cc2cccc(-c3ccc(S(N)(=O)=O)cc3F)c2O1. The molecule has 2 aromatic carbocycles. The van der Waals surface area contributed by atoms with Crippen LogP contribution in [0.25, 0.3) is 11.1 Å². The molecule has 0 bridgehead atoms. The van der Waals surface area contributed by atoms with E-state index in [2.05, 4.69) is 0 Å². The summed E-state index contributed by atoms with van der Waals surface area (Å²) in [6.07, 6.45) is 0.555. The third-order valence-corrected chi connectivity index (χ3v) is 4.56. The summed E-state index contributed by atoms with van der Waals surface area (Å²) in [6, 6.07) is 9.03. The molecule has 2 aromatic rings. The lowest BCUT2D eigenvalue weighted by atomic mass is 10.0. The van der Waals surface area contributed by atoms with Crippen LogP contribution in [0.2, 0.25) is 0 Å². The van der Waals surface area contributed by atoms with E-state index in [-0.39, 0.29) is 16.6 Å². The highest BCUT2D eigenvalue weighted by molar-refractivity contribution is 7.89. The van der Waals surface area contributed by atoms with Gasteiger partial charge in [0, 0.05) is 24.1 Å². The fraction of sp³-hybridized carbons (Fsp3) is 0.200. The van der Waals surface area contributed by atoms with Crippen molar-refractivity contribution in [2.75, 3.05) is 6.54 Å². The Bertz CT molecular complexity index is 837. The topological polar surface area (TPSA) is 95.4 Å². The zero-order chi connectivity index (χ0) is 15.9. The number of primary sulfonamides is 1. The van der Waals surface area contributed by atoms with Gasteiger partial charge in [-0.1, -0.05) is 18.2 Å². The smallest absolute Gasteiger partial charge is 0.238 e. The first-order valence-corrected chi connectivity index (χ1v) is 8.26. The Morgan fingerprint density at radius 3 is 2.64 bits per heavy atom. The standard InChI is InChI=1S/C15H15FN2O3S/c16-14-7-11(22(18,19)20)4-5-12(14)13-3-1-2-9-6-10(8-17)21-15(9)13/h1-5,7,10H,6,8,17H2,(H2,18,19,20). The van der Waals surface area contributed by atoms with Gasteiger partial charge in [-0.05, 0) is 23.8 Å². The summed E-state index contributed by atoms with van der Waals surface area (Å²) in [5.74, 6) is -0.0695. The number of hydrogen-bond acceptors (Lipinski definition) is 4. The Labute approximate surface area is 127 Å². The van der Waals surface area contributed by atoms with Gasteiger partial charge in [0.2, 0.25) is 10.0 Å².